The normalized spacial score (nSPS) is 12.0. The Bertz CT molecular complexity index is 852. The van der Waals surface area contributed by atoms with Crippen LogP contribution in [0.4, 0.5) is 13.2 Å². The average Bonchev–Trinajstić information content (AvgIpc) is 2.53. The van der Waals surface area contributed by atoms with Crippen molar-refractivity contribution in [1.82, 2.24) is 0 Å². The molecule has 3 aromatic carbocycles. The Morgan fingerprint density at radius 1 is 0.833 bits per heavy atom. The van der Waals surface area contributed by atoms with Gasteiger partial charge in [-0.2, -0.15) is 0 Å². The van der Waals surface area contributed by atoms with E-state index in [-0.39, 0.29) is 5.75 Å². The van der Waals surface area contributed by atoms with E-state index in [0.717, 1.165) is 28.0 Å². The van der Waals surface area contributed by atoms with Crippen LogP contribution in [0.15, 0.2) is 48.5 Å². The van der Waals surface area contributed by atoms with Crippen molar-refractivity contribution in [3.8, 4) is 5.75 Å². The van der Waals surface area contributed by atoms with E-state index in [2.05, 4.69) is 29.9 Å². The minimum absolute atomic E-state index is 0.189. The monoisotopic (exact) mass is 332 g/mol. The Kier molecular flexibility index (Phi) is 4.65. The van der Waals surface area contributed by atoms with E-state index in [9.17, 15) is 13.2 Å². The number of halogens is 3. The summed E-state index contributed by atoms with van der Waals surface area (Å²) in [4.78, 5) is 0. The maximum absolute atomic E-state index is 12.3. The molecule has 0 aliphatic rings. The van der Waals surface area contributed by atoms with Crippen LogP contribution in [0.25, 0.3) is 21.5 Å². The first-order valence-corrected chi connectivity index (χ1v) is 8.17. The van der Waals surface area contributed by atoms with Crippen LogP contribution in [-0.2, 0) is 6.42 Å². The van der Waals surface area contributed by atoms with Crippen LogP contribution in [0.5, 0.6) is 5.75 Å². The summed E-state index contributed by atoms with van der Waals surface area (Å²) >= 11 is 0. The van der Waals surface area contributed by atoms with Crippen molar-refractivity contribution in [2.75, 3.05) is 0 Å². The summed E-state index contributed by atoms with van der Waals surface area (Å²) < 4.78 is 41.0. The summed E-state index contributed by atoms with van der Waals surface area (Å²) in [6, 6.07) is 14.6. The molecule has 3 rings (SSSR count). The number of rotatable bonds is 5. The second-order valence-electron chi connectivity index (χ2n) is 6.01. The van der Waals surface area contributed by atoms with Gasteiger partial charge in [-0.1, -0.05) is 56.2 Å². The largest absolute Gasteiger partial charge is 0.573 e. The van der Waals surface area contributed by atoms with E-state index in [4.69, 9.17) is 0 Å². The van der Waals surface area contributed by atoms with E-state index in [0.29, 0.717) is 0 Å². The lowest BCUT2D eigenvalue weighted by Gasteiger charge is -2.11. The van der Waals surface area contributed by atoms with E-state index in [1.54, 1.807) is 6.07 Å². The van der Waals surface area contributed by atoms with Crippen LogP contribution in [-0.4, -0.2) is 6.36 Å². The SMILES string of the molecule is CCCCCc1ccc2c(ccc3cc(OC(F)(F)F)ccc32)c1. The van der Waals surface area contributed by atoms with Gasteiger partial charge in [0.05, 0.1) is 0 Å². The molecule has 126 valence electrons. The highest BCUT2D eigenvalue weighted by molar-refractivity contribution is 6.07. The lowest BCUT2D eigenvalue weighted by molar-refractivity contribution is -0.274. The molecule has 0 N–H and O–H groups in total. The van der Waals surface area contributed by atoms with E-state index in [1.165, 1.54) is 37.0 Å². The smallest absolute Gasteiger partial charge is 0.406 e. The van der Waals surface area contributed by atoms with Crippen molar-refractivity contribution in [1.29, 1.82) is 0 Å². The summed E-state index contributed by atoms with van der Waals surface area (Å²) in [6.45, 7) is 2.18. The number of unbranched alkanes of at least 4 members (excludes halogenated alkanes) is 2. The summed E-state index contributed by atoms with van der Waals surface area (Å²) in [7, 11) is 0. The standard InChI is InChI=1S/C20H19F3O/c1-2-3-4-5-14-6-10-18-15(12-14)7-8-16-13-17(9-11-19(16)18)24-20(21,22)23/h6-13H,2-5H2,1H3. The Hall–Kier alpha value is -2.23. The third kappa shape index (κ3) is 3.81. The lowest BCUT2D eigenvalue weighted by atomic mass is 9.98. The molecular formula is C20H19F3O. The van der Waals surface area contributed by atoms with Gasteiger partial charge in [0.1, 0.15) is 5.75 Å². The highest BCUT2D eigenvalue weighted by Crippen LogP contribution is 2.31. The predicted molar refractivity (Wildman–Crippen MR) is 91.4 cm³/mol. The van der Waals surface area contributed by atoms with E-state index in [1.807, 2.05) is 12.1 Å². The Labute approximate surface area is 139 Å². The second kappa shape index (κ2) is 6.71. The quantitative estimate of drug-likeness (QED) is 0.376. The summed E-state index contributed by atoms with van der Waals surface area (Å²) in [5.41, 5.74) is 1.30. The van der Waals surface area contributed by atoms with Crippen molar-refractivity contribution in [2.24, 2.45) is 0 Å². The van der Waals surface area contributed by atoms with Crippen molar-refractivity contribution in [2.45, 2.75) is 39.0 Å². The highest BCUT2D eigenvalue weighted by Gasteiger charge is 2.31. The van der Waals surface area contributed by atoms with Gasteiger partial charge in [0.2, 0.25) is 0 Å². The molecule has 4 heteroatoms. The zero-order chi connectivity index (χ0) is 17.2. The maximum atomic E-state index is 12.3. The first kappa shape index (κ1) is 16.6. The fourth-order valence-electron chi connectivity index (χ4n) is 3.03. The maximum Gasteiger partial charge on any atom is 0.573 e. The molecule has 0 radical (unpaired) electrons. The lowest BCUT2D eigenvalue weighted by Crippen LogP contribution is -2.16. The molecule has 0 amide bonds. The average molecular weight is 332 g/mol. The number of aryl methyl sites for hydroxylation is 1. The molecule has 0 saturated carbocycles. The minimum atomic E-state index is -4.67. The van der Waals surface area contributed by atoms with E-state index >= 15 is 0 Å². The second-order valence-corrected chi connectivity index (χ2v) is 6.01. The number of ether oxygens (including phenoxy) is 1. The summed E-state index contributed by atoms with van der Waals surface area (Å²) in [6.07, 6.45) is -0.0237. The molecule has 0 aliphatic heterocycles. The number of hydrogen-bond acceptors (Lipinski definition) is 1. The molecule has 0 aliphatic carbocycles. The molecule has 0 saturated heterocycles. The summed E-state index contributed by atoms with van der Waals surface area (Å²) in [5, 5.41) is 3.83. The van der Waals surface area contributed by atoms with Crippen molar-refractivity contribution in [3.05, 3.63) is 54.1 Å². The molecule has 0 spiro atoms. The molecule has 0 heterocycles. The van der Waals surface area contributed by atoms with Gasteiger partial charge >= 0.3 is 6.36 Å². The fraction of sp³-hybridized carbons (Fsp3) is 0.300. The first-order chi connectivity index (χ1) is 11.5. The Morgan fingerprint density at radius 2 is 1.50 bits per heavy atom. The third-order valence-corrected chi connectivity index (χ3v) is 4.17. The molecule has 0 unspecified atom stereocenters. The van der Waals surface area contributed by atoms with Gasteiger partial charge in [0.25, 0.3) is 0 Å². The van der Waals surface area contributed by atoms with Crippen LogP contribution in [0.2, 0.25) is 0 Å². The highest BCUT2D eigenvalue weighted by atomic mass is 19.4. The van der Waals surface area contributed by atoms with Gasteiger partial charge in [0, 0.05) is 0 Å². The molecule has 24 heavy (non-hydrogen) atoms. The van der Waals surface area contributed by atoms with Crippen LogP contribution < -0.4 is 4.74 Å². The molecule has 1 nitrogen and oxygen atoms in total. The number of fused-ring (bicyclic) bond motifs is 3. The topological polar surface area (TPSA) is 9.23 Å². The zero-order valence-corrected chi connectivity index (χ0v) is 13.5. The van der Waals surface area contributed by atoms with Gasteiger partial charge in [-0.3, -0.25) is 0 Å². The number of benzene rings is 3. The molecule has 0 fully saturated rings. The molecule has 0 aromatic heterocycles. The zero-order valence-electron chi connectivity index (χ0n) is 13.5. The van der Waals surface area contributed by atoms with Crippen LogP contribution in [0.1, 0.15) is 31.7 Å². The van der Waals surface area contributed by atoms with Crippen molar-refractivity contribution < 1.29 is 17.9 Å². The Balaban J connectivity index is 1.95. The van der Waals surface area contributed by atoms with Gasteiger partial charge in [-0.15, -0.1) is 13.2 Å². The van der Waals surface area contributed by atoms with Gasteiger partial charge in [0.15, 0.2) is 0 Å². The van der Waals surface area contributed by atoms with Gasteiger partial charge in [-0.05, 0) is 52.1 Å². The number of alkyl halides is 3. The molecule has 0 bridgehead atoms. The van der Waals surface area contributed by atoms with Crippen LogP contribution in [0.3, 0.4) is 0 Å². The van der Waals surface area contributed by atoms with Gasteiger partial charge < -0.3 is 4.74 Å². The molecule has 3 aromatic rings. The van der Waals surface area contributed by atoms with E-state index < -0.39 is 6.36 Å². The van der Waals surface area contributed by atoms with Crippen LogP contribution in [0, 0.1) is 0 Å². The minimum Gasteiger partial charge on any atom is -0.406 e. The third-order valence-electron chi connectivity index (χ3n) is 4.17. The van der Waals surface area contributed by atoms with Crippen LogP contribution >= 0.6 is 0 Å². The first-order valence-electron chi connectivity index (χ1n) is 8.17. The number of hydrogen-bond donors (Lipinski definition) is 0. The van der Waals surface area contributed by atoms with Gasteiger partial charge in [-0.25, -0.2) is 0 Å². The fourth-order valence-corrected chi connectivity index (χ4v) is 3.03. The summed E-state index contributed by atoms with van der Waals surface area (Å²) in [5.74, 6) is -0.189. The van der Waals surface area contributed by atoms with Crippen molar-refractivity contribution in [3.63, 3.8) is 0 Å². The predicted octanol–water partition coefficient (Wildman–Crippen LogP) is 6.62. The van der Waals surface area contributed by atoms with Crippen molar-refractivity contribution >= 4 is 21.5 Å². The molecular weight excluding hydrogens is 313 g/mol. The molecule has 0 atom stereocenters. The Morgan fingerprint density at radius 3 is 2.17 bits per heavy atom.